The lowest BCUT2D eigenvalue weighted by molar-refractivity contribution is -0.123. The van der Waals surface area contributed by atoms with Gasteiger partial charge >= 0.3 is 0 Å². The van der Waals surface area contributed by atoms with Gasteiger partial charge in [-0.1, -0.05) is 35.9 Å². The second-order valence-electron chi connectivity index (χ2n) is 7.51. The van der Waals surface area contributed by atoms with Crippen molar-refractivity contribution in [1.82, 2.24) is 14.9 Å². The van der Waals surface area contributed by atoms with E-state index < -0.39 is 0 Å². The first-order valence-electron chi connectivity index (χ1n) is 11.0. The highest BCUT2D eigenvalue weighted by Crippen LogP contribution is 2.26. The van der Waals surface area contributed by atoms with Gasteiger partial charge in [-0.05, 0) is 48.5 Å². The Kier molecular flexibility index (Phi) is 7.88. The van der Waals surface area contributed by atoms with Crippen molar-refractivity contribution in [3.63, 3.8) is 0 Å². The van der Waals surface area contributed by atoms with E-state index in [2.05, 4.69) is 9.88 Å². The largest absolute Gasteiger partial charge is 0.493 e. The number of fused-ring (bicyclic) bond motifs is 1. The molecule has 1 heterocycles. The molecule has 34 heavy (non-hydrogen) atoms. The van der Waals surface area contributed by atoms with Crippen LogP contribution in [0.4, 0.5) is 0 Å². The smallest absolute Gasteiger partial charge is 0.257 e. The summed E-state index contributed by atoms with van der Waals surface area (Å²) in [6.45, 7) is 1.45. The zero-order valence-corrected chi connectivity index (χ0v) is 19.6. The maximum absolute atomic E-state index is 12.2. The fraction of sp³-hybridized carbons (Fsp3) is 0.231. The molecular weight excluding hydrogens is 454 g/mol. The van der Waals surface area contributed by atoms with Crippen molar-refractivity contribution >= 4 is 28.5 Å². The van der Waals surface area contributed by atoms with E-state index in [-0.39, 0.29) is 12.5 Å². The van der Waals surface area contributed by atoms with Gasteiger partial charge in [-0.15, -0.1) is 0 Å². The fourth-order valence-electron chi connectivity index (χ4n) is 3.60. The van der Waals surface area contributed by atoms with Crippen LogP contribution in [0, 0.1) is 0 Å². The molecule has 1 amide bonds. The Morgan fingerprint density at radius 3 is 2.50 bits per heavy atom. The third-order valence-corrected chi connectivity index (χ3v) is 5.48. The minimum absolute atomic E-state index is 0.0647. The summed E-state index contributed by atoms with van der Waals surface area (Å²) in [4.78, 5) is 17.0. The monoisotopic (exact) mass is 479 g/mol. The SMILES string of the molecule is COc1ccccc1OCCn1c(CCNC(=O)COc2ccc(Cl)cc2)nc2ccccc21. The molecule has 7 nitrogen and oxygen atoms in total. The summed E-state index contributed by atoms with van der Waals surface area (Å²) < 4.78 is 18.9. The number of halogens is 1. The van der Waals surface area contributed by atoms with Crippen LogP contribution in [0.25, 0.3) is 11.0 Å². The molecule has 0 aliphatic rings. The van der Waals surface area contributed by atoms with Crippen molar-refractivity contribution in [2.75, 3.05) is 26.9 Å². The van der Waals surface area contributed by atoms with Crippen LogP contribution >= 0.6 is 11.6 Å². The Morgan fingerprint density at radius 1 is 0.971 bits per heavy atom. The number of imidazole rings is 1. The van der Waals surface area contributed by atoms with Crippen LogP contribution in [0.5, 0.6) is 17.2 Å². The number of carbonyl (C=O) groups is 1. The first-order chi connectivity index (χ1) is 16.6. The summed E-state index contributed by atoms with van der Waals surface area (Å²) in [5, 5.41) is 3.51. The number of hydrogen-bond acceptors (Lipinski definition) is 5. The molecule has 3 aromatic carbocycles. The van der Waals surface area contributed by atoms with Gasteiger partial charge in [0, 0.05) is 18.0 Å². The van der Waals surface area contributed by atoms with Crippen LogP contribution < -0.4 is 19.5 Å². The van der Waals surface area contributed by atoms with Gasteiger partial charge < -0.3 is 24.1 Å². The minimum atomic E-state index is -0.197. The van der Waals surface area contributed by atoms with Crippen molar-refractivity contribution in [1.29, 1.82) is 0 Å². The lowest BCUT2D eigenvalue weighted by Gasteiger charge is -2.13. The van der Waals surface area contributed by atoms with Gasteiger partial charge in [-0.25, -0.2) is 4.98 Å². The summed E-state index contributed by atoms with van der Waals surface area (Å²) in [7, 11) is 1.62. The summed E-state index contributed by atoms with van der Waals surface area (Å²) >= 11 is 5.86. The molecule has 8 heteroatoms. The number of para-hydroxylation sites is 4. The molecule has 0 spiro atoms. The van der Waals surface area contributed by atoms with Crippen LogP contribution in [0.1, 0.15) is 5.82 Å². The minimum Gasteiger partial charge on any atom is -0.493 e. The zero-order valence-electron chi connectivity index (χ0n) is 18.9. The number of methoxy groups -OCH3 is 1. The van der Waals surface area contributed by atoms with Crippen LogP contribution in [0.15, 0.2) is 72.8 Å². The Labute approximate surface area is 203 Å². The van der Waals surface area contributed by atoms with Gasteiger partial charge in [0.05, 0.1) is 24.7 Å². The third kappa shape index (κ3) is 5.99. The first kappa shape index (κ1) is 23.4. The molecule has 1 aromatic heterocycles. The molecular formula is C26H26ClN3O4. The summed E-state index contributed by atoms with van der Waals surface area (Å²) in [5.41, 5.74) is 1.94. The molecule has 4 rings (SSSR count). The predicted octanol–water partition coefficient (Wildman–Crippen LogP) is 4.52. The van der Waals surface area contributed by atoms with Crippen molar-refractivity contribution in [2.24, 2.45) is 0 Å². The van der Waals surface area contributed by atoms with Crippen LogP contribution in [0.3, 0.4) is 0 Å². The maximum Gasteiger partial charge on any atom is 0.257 e. The van der Waals surface area contributed by atoms with E-state index in [0.717, 1.165) is 16.9 Å². The molecule has 0 saturated carbocycles. The highest BCUT2D eigenvalue weighted by Gasteiger charge is 2.12. The van der Waals surface area contributed by atoms with E-state index in [9.17, 15) is 4.79 Å². The number of ether oxygens (including phenoxy) is 3. The van der Waals surface area contributed by atoms with E-state index in [4.69, 9.17) is 30.8 Å². The lowest BCUT2D eigenvalue weighted by atomic mass is 10.3. The van der Waals surface area contributed by atoms with Gasteiger partial charge in [0.25, 0.3) is 5.91 Å². The number of hydrogen-bond donors (Lipinski definition) is 1. The second kappa shape index (κ2) is 11.4. The molecule has 0 saturated heterocycles. The standard InChI is InChI=1S/C26H26ClN3O4/c1-32-23-8-4-5-9-24(23)33-17-16-30-22-7-3-2-6-21(22)29-25(30)14-15-28-26(31)18-34-20-12-10-19(27)11-13-20/h2-13H,14-18H2,1H3,(H,28,31). The molecule has 176 valence electrons. The fourth-order valence-corrected chi connectivity index (χ4v) is 3.72. The van der Waals surface area contributed by atoms with Crippen molar-refractivity contribution in [3.8, 4) is 17.2 Å². The van der Waals surface area contributed by atoms with Crippen LogP contribution in [0.2, 0.25) is 5.02 Å². The Balaban J connectivity index is 1.34. The highest BCUT2D eigenvalue weighted by molar-refractivity contribution is 6.30. The summed E-state index contributed by atoms with van der Waals surface area (Å²) in [6.07, 6.45) is 0.579. The van der Waals surface area contributed by atoms with Crippen molar-refractivity contribution < 1.29 is 19.0 Å². The van der Waals surface area contributed by atoms with Gasteiger partial charge in [0.2, 0.25) is 0 Å². The van der Waals surface area contributed by atoms with Gasteiger partial charge in [-0.2, -0.15) is 0 Å². The second-order valence-corrected chi connectivity index (χ2v) is 7.95. The number of aromatic nitrogens is 2. The number of rotatable bonds is 11. The number of nitrogens with one attached hydrogen (secondary N) is 1. The Morgan fingerprint density at radius 2 is 1.71 bits per heavy atom. The molecule has 0 atom stereocenters. The topological polar surface area (TPSA) is 74.6 Å². The van der Waals surface area contributed by atoms with Gasteiger partial charge in [0.15, 0.2) is 18.1 Å². The molecule has 4 aromatic rings. The maximum atomic E-state index is 12.2. The quantitative estimate of drug-likeness (QED) is 0.342. The Hall–Kier alpha value is -3.71. The molecule has 0 radical (unpaired) electrons. The van der Waals surface area contributed by atoms with Crippen molar-refractivity contribution in [2.45, 2.75) is 13.0 Å². The number of amides is 1. The molecule has 0 unspecified atom stereocenters. The van der Waals surface area contributed by atoms with Gasteiger partial charge in [-0.3, -0.25) is 4.79 Å². The van der Waals surface area contributed by atoms with Crippen molar-refractivity contribution in [3.05, 3.63) is 83.6 Å². The Bertz CT molecular complexity index is 1240. The highest BCUT2D eigenvalue weighted by atomic mass is 35.5. The average molecular weight is 480 g/mol. The molecule has 0 bridgehead atoms. The summed E-state index contributed by atoms with van der Waals surface area (Å²) in [6, 6.07) is 22.4. The molecule has 0 aliphatic heterocycles. The zero-order chi connectivity index (χ0) is 23.8. The molecule has 0 aliphatic carbocycles. The normalized spacial score (nSPS) is 10.8. The van der Waals surface area contributed by atoms with Gasteiger partial charge in [0.1, 0.15) is 18.2 Å². The molecule has 0 fully saturated rings. The van der Waals surface area contributed by atoms with E-state index in [1.54, 1.807) is 31.4 Å². The van der Waals surface area contributed by atoms with Crippen LogP contribution in [-0.2, 0) is 17.8 Å². The van der Waals surface area contributed by atoms with E-state index in [1.165, 1.54) is 0 Å². The van der Waals surface area contributed by atoms with E-state index in [1.807, 2.05) is 48.5 Å². The predicted molar refractivity (Wildman–Crippen MR) is 132 cm³/mol. The lowest BCUT2D eigenvalue weighted by Crippen LogP contribution is -2.31. The van der Waals surface area contributed by atoms with E-state index >= 15 is 0 Å². The number of benzene rings is 3. The van der Waals surface area contributed by atoms with E-state index in [0.29, 0.717) is 48.4 Å². The first-order valence-corrected chi connectivity index (χ1v) is 11.4. The third-order valence-electron chi connectivity index (χ3n) is 5.23. The molecule has 1 N–H and O–H groups in total. The van der Waals surface area contributed by atoms with Crippen LogP contribution in [-0.4, -0.2) is 42.3 Å². The number of carbonyl (C=O) groups excluding carboxylic acids is 1. The average Bonchev–Trinajstić information content (AvgIpc) is 3.21. The summed E-state index contributed by atoms with van der Waals surface area (Å²) in [5.74, 6) is 2.67. The number of nitrogens with zero attached hydrogens (tertiary/aromatic N) is 2.